The molecule has 0 spiro atoms. The Kier molecular flexibility index (Phi) is 4.35. The number of rotatable bonds is 4. The van der Waals surface area contributed by atoms with Gasteiger partial charge in [0.2, 0.25) is 0 Å². The van der Waals surface area contributed by atoms with Crippen LogP contribution in [0.4, 0.5) is 14.5 Å². The van der Waals surface area contributed by atoms with Gasteiger partial charge in [-0.25, -0.2) is 17.2 Å². The molecule has 0 radical (unpaired) electrons. The van der Waals surface area contributed by atoms with Crippen molar-refractivity contribution in [3.63, 3.8) is 0 Å². The molecule has 0 bridgehead atoms. The summed E-state index contributed by atoms with van der Waals surface area (Å²) in [6, 6.07) is 3.28. The second-order valence-electron chi connectivity index (χ2n) is 4.33. The summed E-state index contributed by atoms with van der Waals surface area (Å²) in [6.45, 7) is 0.146. The summed E-state index contributed by atoms with van der Waals surface area (Å²) < 4.78 is 55.3. The molecule has 0 fully saturated rings. The molecule has 2 rings (SSSR count). The van der Waals surface area contributed by atoms with Crippen LogP contribution in [0.15, 0.2) is 33.8 Å². The second-order valence-corrected chi connectivity index (χ2v) is 6.93. The topological polar surface area (TPSA) is 77.1 Å². The zero-order chi connectivity index (χ0) is 15.8. The molecule has 114 valence electrons. The van der Waals surface area contributed by atoms with E-state index in [4.69, 9.17) is 5.73 Å². The smallest absolute Gasteiger partial charge is 0.263 e. The molecule has 5 nitrogen and oxygen atoms in total. The molecule has 2 aromatic rings. The first-order valence-corrected chi connectivity index (χ1v) is 8.05. The van der Waals surface area contributed by atoms with Gasteiger partial charge >= 0.3 is 0 Å². The Hall–Kier alpha value is -1.45. The lowest BCUT2D eigenvalue weighted by Gasteiger charge is -2.09. The molecule has 0 aliphatic carbocycles. The molecule has 0 saturated carbocycles. The Bertz CT molecular complexity index is 767. The number of nitrogens with zero attached hydrogens (tertiary/aromatic N) is 1. The fraction of sp³-hybridized carbons (Fsp3) is 0.167. The Morgan fingerprint density at radius 2 is 1.86 bits per heavy atom. The molecular weight excluding hydrogens is 368 g/mol. The molecule has 0 aliphatic rings. The molecule has 0 atom stereocenters. The number of hydrogen-bond donors (Lipinski definition) is 2. The maximum Gasteiger partial charge on any atom is 0.263 e. The minimum atomic E-state index is -4.10. The Morgan fingerprint density at radius 1 is 1.29 bits per heavy atom. The molecule has 0 aliphatic heterocycles. The number of benzene rings is 1. The van der Waals surface area contributed by atoms with Gasteiger partial charge in [-0.15, -0.1) is 0 Å². The molecule has 1 aromatic carbocycles. The van der Waals surface area contributed by atoms with Crippen molar-refractivity contribution < 1.29 is 17.2 Å². The zero-order valence-electron chi connectivity index (χ0n) is 10.9. The summed E-state index contributed by atoms with van der Waals surface area (Å²) >= 11 is 2.92. The Morgan fingerprint density at radius 3 is 2.33 bits per heavy atom. The van der Waals surface area contributed by atoms with Crippen molar-refractivity contribution in [3.8, 4) is 0 Å². The highest BCUT2D eigenvalue weighted by molar-refractivity contribution is 9.10. The maximum atomic E-state index is 13.7. The summed E-state index contributed by atoms with van der Waals surface area (Å²) in [5, 5.41) is 0. The first-order valence-electron chi connectivity index (χ1n) is 5.77. The third-order valence-corrected chi connectivity index (χ3v) is 4.62. The second kappa shape index (κ2) is 5.74. The largest absolute Gasteiger partial charge is 0.352 e. The van der Waals surface area contributed by atoms with Crippen LogP contribution in [0.3, 0.4) is 0 Å². The number of sulfonamides is 1. The van der Waals surface area contributed by atoms with Crippen molar-refractivity contribution in [2.45, 2.75) is 11.4 Å². The van der Waals surface area contributed by atoms with E-state index < -0.39 is 27.3 Å². The molecule has 0 amide bonds. The summed E-state index contributed by atoms with van der Waals surface area (Å²) in [4.78, 5) is -0.118. The first kappa shape index (κ1) is 15.9. The number of anilines is 1. The van der Waals surface area contributed by atoms with Crippen molar-refractivity contribution in [3.05, 3.63) is 46.2 Å². The standard InChI is InChI=1S/C12H12BrF2N3O2S/c1-18-6-9(4-8(18)5-16)21(19,20)17-12-10(14)2-7(13)3-11(12)15/h2-4,6,17H,5,16H2,1H3. The number of nitrogens with one attached hydrogen (secondary N) is 1. The van der Waals surface area contributed by atoms with Crippen LogP contribution < -0.4 is 10.5 Å². The van der Waals surface area contributed by atoms with E-state index in [-0.39, 0.29) is 15.9 Å². The van der Waals surface area contributed by atoms with Crippen molar-refractivity contribution >= 4 is 31.6 Å². The minimum Gasteiger partial charge on any atom is -0.352 e. The van der Waals surface area contributed by atoms with Crippen LogP contribution in [-0.2, 0) is 23.6 Å². The Balaban J connectivity index is 2.42. The maximum absolute atomic E-state index is 13.7. The fourth-order valence-electron chi connectivity index (χ4n) is 1.76. The molecule has 0 unspecified atom stereocenters. The van der Waals surface area contributed by atoms with Crippen LogP contribution in [0.25, 0.3) is 0 Å². The quantitative estimate of drug-likeness (QED) is 0.855. The predicted octanol–water partition coefficient (Wildman–Crippen LogP) is 2.33. The summed E-state index contributed by atoms with van der Waals surface area (Å²) in [5.41, 5.74) is 5.31. The highest BCUT2D eigenvalue weighted by Gasteiger charge is 2.21. The molecule has 1 heterocycles. The van der Waals surface area contributed by atoms with E-state index in [2.05, 4.69) is 15.9 Å². The van der Waals surface area contributed by atoms with Crippen LogP contribution in [0.2, 0.25) is 0 Å². The van der Waals surface area contributed by atoms with Crippen molar-refractivity contribution in [2.24, 2.45) is 12.8 Å². The van der Waals surface area contributed by atoms with Crippen molar-refractivity contribution in [2.75, 3.05) is 4.72 Å². The van der Waals surface area contributed by atoms with Crippen LogP contribution in [0.1, 0.15) is 5.69 Å². The van der Waals surface area contributed by atoms with E-state index in [1.807, 2.05) is 4.72 Å². The number of halogens is 3. The molecule has 1 aromatic heterocycles. The van der Waals surface area contributed by atoms with Crippen LogP contribution in [0.5, 0.6) is 0 Å². The van der Waals surface area contributed by atoms with Gasteiger partial charge in [0.05, 0.1) is 0 Å². The van der Waals surface area contributed by atoms with Crippen LogP contribution >= 0.6 is 15.9 Å². The Labute approximate surface area is 128 Å². The van der Waals surface area contributed by atoms with E-state index in [9.17, 15) is 17.2 Å². The van der Waals surface area contributed by atoms with Gasteiger partial charge < -0.3 is 10.3 Å². The normalized spacial score (nSPS) is 11.7. The van der Waals surface area contributed by atoms with Crippen LogP contribution in [-0.4, -0.2) is 13.0 Å². The molecular formula is C12H12BrF2N3O2S. The third-order valence-electron chi connectivity index (χ3n) is 2.85. The number of hydrogen-bond acceptors (Lipinski definition) is 3. The van der Waals surface area contributed by atoms with Gasteiger partial charge in [0.25, 0.3) is 10.0 Å². The van der Waals surface area contributed by atoms with Gasteiger partial charge in [-0.1, -0.05) is 15.9 Å². The van der Waals surface area contributed by atoms with E-state index in [0.717, 1.165) is 12.1 Å². The van der Waals surface area contributed by atoms with Crippen molar-refractivity contribution in [1.82, 2.24) is 4.57 Å². The lowest BCUT2D eigenvalue weighted by atomic mass is 10.3. The predicted molar refractivity (Wildman–Crippen MR) is 78.2 cm³/mol. The number of nitrogens with two attached hydrogens (primary N) is 1. The fourth-order valence-corrected chi connectivity index (χ4v) is 3.33. The highest BCUT2D eigenvalue weighted by Crippen LogP contribution is 2.26. The van der Waals surface area contributed by atoms with Gasteiger partial charge in [-0.05, 0) is 18.2 Å². The van der Waals surface area contributed by atoms with Crippen LogP contribution in [0, 0.1) is 11.6 Å². The molecule has 0 saturated heterocycles. The lowest BCUT2D eigenvalue weighted by molar-refractivity contribution is 0.582. The van der Waals surface area contributed by atoms with Gasteiger partial charge in [-0.3, -0.25) is 4.72 Å². The molecule has 21 heavy (non-hydrogen) atoms. The average molecular weight is 380 g/mol. The van der Waals surface area contributed by atoms with E-state index in [0.29, 0.717) is 5.69 Å². The van der Waals surface area contributed by atoms with E-state index in [1.165, 1.54) is 16.8 Å². The van der Waals surface area contributed by atoms with Gasteiger partial charge in [0.1, 0.15) is 10.6 Å². The van der Waals surface area contributed by atoms with Crippen molar-refractivity contribution in [1.29, 1.82) is 0 Å². The summed E-state index contributed by atoms with van der Waals surface area (Å²) in [6.07, 6.45) is 1.32. The zero-order valence-corrected chi connectivity index (χ0v) is 13.3. The van der Waals surface area contributed by atoms with Gasteiger partial charge in [0.15, 0.2) is 11.6 Å². The third kappa shape index (κ3) is 3.25. The number of aryl methyl sites for hydroxylation is 1. The van der Waals surface area contributed by atoms with Gasteiger partial charge in [-0.2, -0.15) is 0 Å². The summed E-state index contributed by atoms with van der Waals surface area (Å²) in [7, 11) is -2.48. The van der Waals surface area contributed by atoms with Gasteiger partial charge in [0, 0.05) is 30.0 Å². The minimum absolute atomic E-state index is 0.118. The SMILES string of the molecule is Cn1cc(S(=O)(=O)Nc2c(F)cc(Br)cc2F)cc1CN. The number of aromatic nitrogens is 1. The van der Waals surface area contributed by atoms with E-state index in [1.54, 1.807) is 7.05 Å². The first-order chi connectivity index (χ1) is 9.74. The molecule has 3 N–H and O–H groups in total. The monoisotopic (exact) mass is 379 g/mol. The average Bonchev–Trinajstić information content (AvgIpc) is 2.76. The molecule has 9 heteroatoms. The highest BCUT2D eigenvalue weighted by atomic mass is 79.9. The lowest BCUT2D eigenvalue weighted by Crippen LogP contribution is -2.14. The van der Waals surface area contributed by atoms with E-state index >= 15 is 0 Å². The summed E-state index contributed by atoms with van der Waals surface area (Å²) in [5.74, 6) is -2.03.